The highest BCUT2D eigenvalue weighted by Gasteiger charge is 2.18. The van der Waals surface area contributed by atoms with Crippen LogP contribution in [-0.4, -0.2) is 13.4 Å². The number of pyridine rings is 1. The highest BCUT2D eigenvalue weighted by molar-refractivity contribution is 9.10. The summed E-state index contributed by atoms with van der Waals surface area (Å²) in [6, 6.07) is 7.31. The lowest BCUT2D eigenvalue weighted by molar-refractivity contribution is 0.601. The Morgan fingerprint density at radius 2 is 2.10 bits per heavy atom. The van der Waals surface area contributed by atoms with Crippen molar-refractivity contribution in [3.05, 3.63) is 45.7 Å². The molecule has 0 saturated carbocycles. The van der Waals surface area contributed by atoms with Crippen LogP contribution in [0.5, 0.6) is 0 Å². The zero-order valence-corrected chi connectivity index (χ0v) is 13.5. The van der Waals surface area contributed by atoms with E-state index < -0.39 is 10.0 Å². The maximum atomic E-state index is 12.3. The van der Waals surface area contributed by atoms with Gasteiger partial charge in [-0.05, 0) is 40.2 Å². The van der Waals surface area contributed by atoms with Gasteiger partial charge in [0.2, 0.25) is 0 Å². The van der Waals surface area contributed by atoms with Gasteiger partial charge in [-0.15, -0.1) is 0 Å². The van der Waals surface area contributed by atoms with Gasteiger partial charge in [0.1, 0.15) is 10.0 Å². The second-order valence-electron chi connectivity index (χ2n) is 3.97. The van der Waals surface area contributed by atoms with E-state index in [9.17, 15) is 8.42 Å². The van der Waals surface area contributed by atoms with Crippen LogP contribution in [-0.2, 0) is 10.0 Å². The van der Waals surface area contributed by atoms with Gasteiger partial charge in [-0.25, -0.2) is 13.4 Å². The Labute approximate surface area is 134 Å². The maximum Gasteiger partial charge on any atom is 0.263 e. The lowest BCUT2D eigenvalue weighted by Gasteiger charge is -2.10. The van der Waals surface area contributed by atoms with E-state index in [2.05, 4.69) is 25.6 Å². The van der Waals surface area contributed by atoms with Crippen LogP contribution in [0.1, 0.15) is 5.56 Å². The molecule has 0 fully saturated rings. The highest BCUT2D eigenvalue weighted by atomic mass is 79.9. The molecule has 1 heterocycles. The summed E-state index contributed by atoms with van der Waals surface area (Å²) in [7, 11) is -3.89. The third kappa shape index (κ3) is 3.44. The third-order valence-electron chi connectivity index (χ3n) is 2.48. The molecule has 0 saturated heterocycles. The van der Waals surface area contributed by atoms with Crippen molar-refractivity contribution in [3.63, 3.8) is 0 Å². The molecule has 0 radical (unpaired) electrons. The average Bonchev–Trinajstić information content (AvgIpc) is 2.42. The molecule has 108 valence electrons. The lowest BCUT2D eigenvalue weighted by atomic mass is 10.2. The first-order chi connectivity index (χ1) is 9.83. The first kappa shape index (κ1) is 15.6. The van der Waals surface area contributed by atoms with Crippen LogP contribution in [0.2, 0.25) is 5.15 Å². The van der Waals surface area contributed by atoms with Crippen molar-refractivity contribution >= 4 is 48.9 Å². The van der Waals surface area contributed by atoms with Crippen molar-refractivity contribution in [2.75, 3.05) is 10.5 Å². The van der Waals surface area contributed by atoms with Crippen molar-refractivity contribution in [2.45, 2.75) is 4.90 Å². The lowest BCUT2D eigenvalue weighted by Crippen LogP contribution is -2.15. The molecule has 2 aromatic rings. The van der Waals surface area contributed by atoms with Gasteiger partial charge in [0.05, 0.1) is 33.7 Å². The van der Waals surface area contributed by atoms with Gasteiger partial charge in [-0.2, -0.15) is 5.26 Å². The zero-order valence-electron chi connectivity index (χ0n) is 10.3. The number of nitrogens with one attached hydrogen (secondary N) is 1. The molecule has 0 aliphatic carbocycles. The number of benzene rings is 1. The van der Waals surface area contributed by atoms with E-state index in [0.717, 1.165) is 0 Å². The van der Waals surface area contributed by atoms with Crippen molar-refractivity contribution in [2.24, 2.45) is 0 Å². The summed E-state index contributed by atoms with van der Waals surface area (Å²) >= 11 is 8.89. The van der Waals surface area contributed by atoms with Crippen LogP contribution < -0.4 is 10.5 Å². The SMILES string of the molecule is N#Cc1ccc(S(=O)(=O)Nc2cnc(Cl)c(Br)c2)c(N)c1. The minimum atomic E-state index is -3.89. The Kier molecular flexibility index (Phi) is 4.37. The summed E-state index contributed by atoms with van der Waals surface area (Å²) in [6.45, 7) is 0. The molecule has 0 unspecified atom stereocenters. The first-order valence-corrected chi connectivity index (χ1v) is 8.12. The molecule has 0 amide bonds. The van der Waals surface area contributed by atoms with Gasteiger partial charge in [0, 0.05) is 0 Å². The van der Waals surface area contributed by atoms with Crippen molar-refractivity contribution in [3.8, 4) is 6.07 Å². The Hall–Kier alpha value is -1.82. The highest BCUT2D eigenvalue weighted by Crippen LogP contribution is 2.26. The predicted molar refractivity (Wildman–Crippen MR) is 83.3 cm³/mol. The van der Waals surface area contributed by atoms with Crippen LogP contribution in [0.3, 0.4) is 0 Å². The maximum absolute atomic E-state index is 12.3. The Balaban J connectivity index is 2.38. The fraction of sp³-hybridized carbons (Fsp3) is 0. The Morgan fingerprint density at radius 1 is 1.38 bits per heavy atom. The van der Waals surface area contributed by atoms with Crippen molar-refractivity contribution < 1.29 is 8.42 Å². The largest absolute Gasteiger partial charge is 0.398 e. The molecular weight excluding hydrogens is 380 g/mol. The van der Waals surface area contributed by atoms with E-state index in [-0.39, 0.29) is 27.0 Å². The van der Waals surface area contributed by atoms with Gasteiger partial charge >= 0.3 is 0 Å². The van der Waals surface area contributed by atoms with Gasteiger partial charge < -0.3 is 5.73 Å². The summed E-state index contributed by atoms with van der Waals surface area (Å²) in [5.74, 6) is 0. The number of sulfonamides is 1. The van der Waals surface area contributed by atoms with Crippen LogP contribution in [0.4, 0.5) is 11.4 Å². The molecule has 1 aromatic heterocycles. The van der Waals surface area contributed by atoms with Crippen molar-refractivity contribution in [1.82, 2.24) is 4.98 Å². The van der Waals surface area contributed by atoms with Gasteiger partial charge in [0.15, 0.2) is 0 Å². The molecule has 9 heteroatoms. The number of halogens is 2. The number of hydrogen-bond donors (Lipinski definition) is 2. The van der Waals surface area contributed by atoms with E-state index in [1.807, 2.05) is 6.07 Å². The molecule has 0 bridgehead atoms. The number of nitrogens with zero attached hydrogens (tertiary/aromatic N) is 2. The van der Waals surface area contributed by atoms with E-state index in [4.69, 9.17) is 22.6 Å². The smallest absolute Gasteiger partial charge is 0.263 e. The summed E-state index contributed by atoms with van der Waals surface area (Å²) in [5, 5.41) is 8.97. The van der Waals surface area contributed by atoms with E-state index >= 15 is 0 Å². The number of rotatable bonds is 3. The zero-order chi connectivity index (χ0) is 15.6. The van der Waals surface area contributed by atoms with Gasteiger partial charge in [-0.1, -0.05) is 11.6 Å². The molecule has 1 aromatic carbocycles. The normalized spacial score (nSPS) is 10.9. The Bertz CT molecular complexity index is 849. The van der Waals surface area contributed by atoms with Crippen LogP contribution in [0.25, 0.3) is 0 Å². The summed E-state index contributed by atoms with van der Waals surface area (Å²) in [6.07, 6.45) is 1.28. The molecule has 0 aliphatic heterocycles. The fourth-order valence-electron chi connectivity index (χ4n) is 1.55. The standard InChI is InChI=1S/C12H8BrClN4O2S/c13-9-4-8(6-17-12(9)14)18-21(19,20)11-2-1-7(5-15)3-10(11)16/h1-4,6,18H,16H2. The number of nitrogen functional groups attached to an aromatic ring is 1. The topological polar surface area (TPSA) is 109 Å². The van der Waals surface area contributed by atoms with Crippen molar-refractivity contribution in [1.29, 1.82) is 5.26 Å². The average molecular weight is 388 g/mol. The number of nitrogens with two attached hydrogens (primary N) is 1. The van der Waals surface area contributed by atoms with E-state index in [0.29, 0.717) is 4.47 Å². The second-order valence-corrected chi connectivity index (χ2v) is 6.83. The first-order valence-electron chi connectivity index (χ1n) is 5.47. The second kappa shape index (κ2) is 5.89. The molecule has 21 heavy (non-hydrogen) atoms. The fourth-order valence-corrected chi connectivity index (χ4v) is 3.15. The third-order valence-corrected chi connectivity index (χ3v) is 5.07. The van der Waals surface area contributed by atoms with Crippen LogP contribution >= 0.6 is 27.5 Å². The molecule has 6 nitrogen and oxygen atoms in total. The molecule has 2 rings (SSSR count). The number of aromatic nitrogens is 1. The van der Waals surface area contributed by atoms with Gasteiger partial charge in [-0.3, -0.25) is 4.72 Å². The summed E-state index contributed by atoms with van der Waals surface area (Å²) < 4.78 is 27.3. The van der Waals surface area contributed by atoms with E-state index in [1.54, 1.807) is 0 Å². The van der Waals surface area contributed by atoms with Crippen LogP contribution in [0, 0.1) is 11.3 Å². The Morgan fingerprint density at radius 3 is 2.67 bits per heavy atom. The van der Waals surface area contributed by atoms with Gasteiger partial charge in [0.25, 0.3) is 10.0 Å². The quantitative estimate of drug-likeness (QED) is 0.621. The minimum absolute atomic E-state index is 0.0115. The minimum Gasteiger partial charge on any atom is -0.398 e. The monoisotopic (exact) mass is 386 g/mol. The molecular formula is C12H8BrClN4O2S. The number of anilines is 2. The predicted octanol–water partition coefficient (Wildman–Crippen LogP) is 2.75. The molecule has 0 spiro atoms. The molecule has 3 N–H and O–H groups in total. The number of nitriles is 1. The van der Waals surface area contributed by atoms with E-state index in [1.165, 1.54) is 30.5 Å². The molecule has 0 aliphatic rings. The molecule has 0 atom stereocenters. The summed E-state index contributed by atoms with van der Waals surface area (Å²) in [4.78, 5) is 3.71. The van der Waals surface area contributed by atoms with Crippen LogP contribution in [0.15, 0.2) is 39.8 Å². The number of hydrogen-bond acceptors (Lipinski definition) is 5. The summed E-state index contributed by atoms with van der Waals surface area (Å²) in [5.41, 5.74) is 6.17.